The number of thiazole rings is 1. The molecular formula is C14H17FN2O2S2. The van der Waals surface area contributed by atoms with E-state index in [1.54, 1.807) is 6.07 Å². The summed E-state index contributed by atoms with van der Waals surface area (Å²) >= 11 is 1.34. The minimum absolute atomic E-state index is 0.0379. The van der Waals surface area contributed by atoms with Crippen molar-refractivity contribution in [1.82, 2.24) is 4.98 Å². The third-order valence-corrected chi connectivity index (χ3v) is 4.77. The summed E-state index contributed by atoms with van der Waals surface area (Å²) < 4.78 is 35.8. The summed E-state index contributed by atoms with van der Waals surface area (Å²) in [5.41, 5.74) is 1.58. The first-order chi connectivity index (χ1) is 9.87. The SMILES string of the molecule is CCN(Cc1csc(CS(C)(=O)=O)n1)c1cccc(F)c1. The zero-order chi connectivity index (χ0) is 15.5. The van der Waals surface area contributed by atoms with Crippen LogP contribution >= 0.6 is 11.3 Å². The molecule has 0 unspecified atom stereocenters. The minimum Gasteiger partial charge on any atom is -0.366 e. The summed E-state index contributed by atoms with van der Waals surface area (Å²) in [4.78, 5) is 6.32. The highest BCUT2D eigenvalue weighted by atomic mass is 32.2. The summed E-state index contributed by atoms with van der Waals surface area (Å²) in [6.07, 6.45) is 1.19. The molecule has 2 aromatic rings. The second-order valence-electron chi connectivity index (χ2n) is 4.80. The number of nitrogens with zero attached hydrogens (tertiary/aromatic N) is 2. The van der Waals surface area contributed by atoms with Crippen LogP contribution in [0.2, 0.25) is 0 Å². The lowest BCUT2D eigenvalue weighted by Gasteiger charge is -2.22. The van der Waals surface area contributed by atoms with Gasteiger partial charge in [-0.15, -0.1) is 11.3 Å². The van der Waals surface area contributed by atoms with Gasteiger partial charge in [0.15, 0.2) is 9.84 Å². The lowest BCUT2D eigenvalue weighted by Crippen LogP contribution is -2.22. The second-order valence-corrected chi connectivity index (χ2v) is 7.88. The van der Waals surface area contributed by atoms with E-state index < -0.39 is 9.84 Å². The molecule has 0 bridgehead atoms. The van der Waals surface area contributed by atoms with Crippen LogP contribution in [-0.4, -0.2) is 26.2 Å². The van der Waals surface area contributed by atoms with Crippen molar-refractivity contribution in [3.05, 3.63) is 46.2 Å². The molecule has 0 fully saturated rings. The maximum absolute atomic E-state index is 13.3. The summed E-state index contributed by atoms with van der Waals surface area (Å²) in [7, 11) is -3.07. The molecule has 1 heterocycles. The Hall–Kier alpha value is -1.47. The molecule has 7 heteroatoms. The summed E-state index contributed by atoms with van der Waals surface area (Å²) in [6.45, 7) is 3.22. The molecule has 2 rings (SSSR count). The van der Waals surface area contributed by atoms with Crippen LogP contribution < -0.4 is 4.90 Å². The molecule has 114 valence electrons. The van der Waals surface area contributed by atoms with Gasteiger partial charge in [0.25, 0.3) is 0 Å². The van der Waals surface area contributed by atoms with Crippen molar-refractivity contribution in [2.45, 2.75) is 19.2 Å². The van der Waals surface area contributed by atoms with Gasteiger partial charge in [0.1, 0.15) is 16.6 Å². The second kappa shape index (κ2) is 6.53. The van der Waals surface area contributed by atoms with Crippen LogP contribution in [0.5, 0.6) is 0 Å². The number of hydrogen-bond donors (Lipinski definition) is 0. The third kappa shape index (κ3) is 4.78. The fraction of sp³-hybridized carbons (Fsp3) is 0.357. The number of rotatable bonds is 6. The molecule has 0 amide bonds. The molecule has 1 aromatic carbocycles. The highest BCUT2D eigenvalue weighted by Gasteiger charge is 2.12. The van der Waals surface area contributed by atoms with E-state index >= 15 is 0 Å². The zero-order valence-electron chi connectivity index (χ0n) is 11.9. The molecule has 0 radical (unpaired) electrons. The highest BCUT2D eigenvalue weighted by Crippen LogP contribution is 2.20. The molecule has 0 saturated carbocycles. The van der Waals surface area contributed by atoms with Crippen LogP contribution in [0, 0.1) is 5.82 Å². The number of aromatic nitrogens is 1. The summed E-state index contributed by atoms with van der Waals surface area (Å²) in [5.74, 6) is -0.314. The van der Waals surface area contributed by atoms with Crippen LogP contribution in [-0.2, 0) is 22.1 Å². The molecule has 0 spiro atoms. The Morgan fingerprint density at radius 1 is 1.38 bits per heavy atom. The van der Waals surface area contributed by atoms with Crippen LogP contribution in [0.25, 0.3) is 0 Å². The van der Waals surface area contributed by atoms with Gasteiger partial charge in [-0.05, 0) is 25.1 Å². The Kier molecular flexibility index (Phi) is 4.95. The Balaban J connectivity index is 2.12. The number of sulfone groups is 1. The molecule has 0 atom stereocenters. The van der Waals surface area contributed by atoms with Gasteiger partial charge in [0.2, 0.25) is 0 Å². The normalized spacial score (nSPS) is 11.6. The molecule has 0 saturated heterocycles. The van der Waals surface area contributed by atoms with Crippen molar-refractivity contribution in [2.75, 3.05) is 17.7 Å². The maximum atomic E-state index is 13.3. The molecule has 0 aliphatic carbocycles. The van der Waals surface area contributed by atoms with Crippen molar-refractivity contribution in [3.8, 4) is 0 Å². The first kappa shape index (κ1) is 15.9. The largest absolute Gasteiger partial charge is 0.366 e. The Morgan fingerprint density at radius 2 is 2.14 bits per heavy atom. The predicted octanol–water partition coefficient (Wildman–Crippen LogP) is 2.85. The minimum atomic E-state index is -3.07. The Bertz CT molecular complexity index is 713. The van der Waals surface area contributed by atoms with Crippen LogP contribution in [0.15, 0.2) is 29.6 Å². The monoisotopic (exact) mass is 328 g/mol. The maximum Gasteiger partial charge on any atom is 0.153 e. The van der Waals surface area contributed by atoms with E-state index in [0.29, 0.717) is 18.1 Å². The highest BCUT2D eigenvalue weighted by molar-refractivity contribution is 7.90. The standard InChI is InChI=1S/C14H17FN2O2S2/c1-3-17(13-6-4-5-11(15)7-13)8-12-9-20-14(16-12)10-21(2,18)19/h4-7,9H,3,8,10H2,1-2H3. The van der Waals surface area contributed by atoms with Crippen molar-refractivity contribution in [2.24, 2.45) is 0 Å². The van der Waals surface area contributed by atoms with Gasteiger partial charge in [-0.3, -0.25) is 0 Å². The molecule has 0 N–H and O–H groups in total. The summed E-state index contributed by atoms with van der Waals surface area (Å²) in [6, 6.07) is 6.40. The number of benzene rings is 1. The number of hydrogen-bond acceptors (Lipinski definition) is 5. The molecule has 0 aliphatic heterocycles. The van der Waals surface area contributed by atoms with Gasteiger partial charge < -0.3 is 4.90 Å². The van der Waals surface area contributed by atoms with E-state index in [0.717, 1.165) is 11.4 Å². The molecular weight excluding hydrogens is 311 g/mol. The van der Waals surface area contributed by atoms with Gasteiger partial charge in [-0.2, -0.15) is 0 Å². The smallest absolute Gasteiger partial charge is 0.153 e. The lowest BCUT2D eigenvalue weighted by molar-refractivity contribution is 0.601. The van der Waals surface area contributed by atoms with Crippen LogP contribution in [0.3, 0.4) is 0 Å². The Labute approximate surface area is 128 Å². The lowest BCUT2D eigenvalue weighted by atomic mass is 10.2. The van der Waals surface area contributed by atoms with Crippen molar-refractivity contribution >= 4 is 26.9 Å². The van der Waals surface area contributed by atoms with Crippen molar-refractivity contribution in [3.63, 3.8) is 0 Å². The van der Waals surface area contributed by atoms with E-state index in [-0.39, 0.29) is 11.6 Å². The van der Waals surface area contributed by atoms with Gasteiger partial charge in [0, 0.05) is 23.9 Å². The van der Waals surface area contributed by atoms with Crippen molar-refractivity contribution in [1.29, 1.82) is 0 Å². The van der Waals surface area contributed by atoms with E-state index in [1.807, 2.05) is 23.3 Å². The third-order valence-electron chi connectivity index (χ3n) is 2.89. The fourth-order valence-corrected chi connectivity index (χ4v) is 3.96. The predicted molar refractivity (Wildman–Crippen MR) is 83.8 cm³/mol. The molecule has 1 aromatic heterocycles. The summed E-state index contributed by atoms with van der Waals surface area (Å²) in [5, 5.41) is 2.44. The van der Waals surface area contributed by atoms with Gasteiger partial charge in [0.05, 0.1) is 12.2 Å². The number of halogens is 1. The quantitative estimate of drug-likeness (QED) is 0.818. The Morgan fingerprint density at radius 3 is 2.76 bits per heavy atom. The molecule has 0 aliphatic rings. The van der Waals surface area contributed by atoms with Crippen LogP contribution in [0.1, 0.15) is 17.6 Å². The molecule has 21 heavy (non-hydrogen) atoms. The first-order valence-corrected chi connectivity index (χ1v) is 9.43. The zero-order valence-corrected chi connectivity index (χ0v) is 13.5. The molecule has 4 nitrogen and oxygen atoms in total. The van der Waals surface area contributed by atoms with E-state index in [1.165, 1.54) is 29.7 Å². The average Bonchev–Trinajstić information content (AvgIpc) is 2.81. The van der Waals surface area contributed by atoms with Gasteiger partial charge in [-0.25, -0.2) is 17.8 Å². The topological polar surface area (TPSA) is 50.3 Å². The fourth-order valence-electron chi connectivity index (χ4n) is 1.97. The van der Waals surface area contributed by atoms with E-state index in [4.69, 9.17) is 0 Å². The number of anilines is 1. The van der Waals surface area contributed by atoms with E-state index in [9.17, 15) is 12.8 Å². The van der Waals surface area contributed by atoms with Crippen LogP contribution in [0.4, 0.5) is 10.1 Å². The van der Waals surface area contributed by atoms with Crippen molar-refractivity contribution < 1.29 is 12.8 Å². The van der Waals surface area contributed by atoms with E-state index in [2.05, 4.69) is 4.98 Å². The van der Waals surface area contributed by atoms with Gasteiger partial charge in [-0.1, -0.05) is 6.07 Å². The van der Waals surface area contributed by atoms with Gasteiger partial charge >= 0.3 is 0 Å². The average molecular weight is 328 g/mol. The first-order valence-electron chi connectivity index (χ1n) is 6.49.